The number of rotatable bonds is 3. The lowest BCUT2D eigenvalue weighted by Gasteiger charge is -2.15. The van der Waals surface area contributed by atoms with Gasteiger partial charge in [0.15, 0.2) is 0 Å². The third-order valence-corrected chi connectivity index (χ3v) is 2.58. The summed E-state index contributed by atoms with van der Waals surface area (Å²) in [4.78, 5) is 15.4. The van der Waals surface area contributed by atoms with Crippen molar-refractivity contribution in [3.05, 3.63) is 6.33 Å². The van der Waals surface area contributed by atoms with E-state index < -0.39 is 0 Å². The van der Waals surface area contributed by atoms with Crippen molar-refractivity contribution in [3.63, 3.8) is 0 Å². The molecule has 0 aliphatic carbocycles. The highest BCUT2D eigenvalue weighted by Crippen LogP contribution is 2.12. The van der Waals surface area contributed by atoms with Gasteiger partial charge in [-0.05, 0) is 13.3 Å². The van der Waals surface area contributed by atoms with Gasteiger partial charge < -0.3 is 15.8 Å². The molecule has 0 aromatic carbocycles. The fourth-order valence-corrected chi connectivity index (χ4v) is 1.71. The zero-order chi connectivity index (χ0) is 11.5. The van der Waals surface area contributed by atoms with Crippen LogP contribution >= 0.6 is 0 Å². The van der Waals surface area contributed by atoms with E-state index in [9.17, 15) is 4.79 Å². The van der Waals surface area contributed by atoms with Gasteiger partial charge in [-0.3, -0.25) is 4.79 Å². The lowest BCUT2D eigenvalue weighted by atomic mass is 10.1. The maximum absolute atomic E-state index is 11.6. The standard InChI is InChI=1S/C9H15N5O2/c1-6-7(2-3-16-6)12-8(15)4-14-5-11-9(10)13-14/h5-7H,2-4H2,1H3,(H2,10,13)(H,12,15). The predicted molar refractivity (Wildman–Crippen MR) is 56.4 cm³/mol. The summed E-state index contributed by atoms with van der Waals surface area (Å²) in [6.45, 7) is 2.78. The fraction of sp³-hybridized carbons (Fsp3) is 0.667. The SMILES string of the molecule is CC1OCCC1NC(=O)Cn1cnc(N)n1. The number of amides is 1. The van der Waals surface area contributed by atoms with E-state index in [-0.39, 0.29) is 30.5 Å². The highest BCUT2D eigenvalue weighted by Gasteiger charge is 2.25. The fourth-order valence-electron chi connectivity index (χ4n) is 1.71. The monoisotopic (exact) mass is 225 g/mol. The Hall–Kier alpha value is -1.63. The van der Waals surface area contributed by atoms with E-state index in [0.29, 0.717) is 6.61 Å². The van der Waals surface area contributed by atoms with Crippen LogP contribution in [0.5, 0.6) is 0 Å². The number of carbonyl (C=O) groups is 1. The van der Waals surface area contributed by atoms with Crippen molar-refractivity contribution in [1.82, 2.24) is 20.1 Å². The van der Waals surface area contributed by atoms with E-state index in [1.54, 1.807) is 0 Å². The Bertz CT molecular complexity index is 378. The van der Waals surface area contributed by atoms with Gasteiger partial charge in [-0.2, -0.15) is 0 Å². The van der Waals surface area contributed by atoms with E-state index in [1.807, 2.05) is 6.92 Å². The number of nitrogens with zero attached hydrogens (tertiary/aromatic N) is 3. The molecule has 2 heterocycles. The molecule has 16 heavy (non-hydrogen) atoms. The Morgan fingerprint density at radius 3 is 3.19 bits per heavy atom. The maximum Gasteiger partial charge on any atom is 0.242 e. The van der Waals surface area contributed by atoms with Crippen molar-refractivity contribution in [2.75, 3.05) is 12.3 Å². The molecule has 0 radical (unpaired) electrons. The van der Waals surface area contributed by atoms with Gasteiger partial charge in [0.1, 0.15) is 12.9 Å². The van der Waals surface area contributed by atoms with E-state index in [0.717, 1.165) is 6.42 Å². The summed E-state index contributed by atoms with van der Waals surface area (Å²) < 4.78 is 6.76. The molecule has 1 aromatic heterocycles. The van der Waals surface area contributed by atoms with Crippen LogP contribution in [0.4, 0.5) is 5.95 Å². The largest absolute Gasteiger partial charge is 0.376 e. The second-order valence-corrected chi connectivity index (χ2v) is 3.84. The Balaban J connectivity index is 1.84. The molecule has 7 heteroatoms. The minimum absolute atomic E-state index is 0.0739. The van der Waals surface area contributed by atoms with Gasteiger partial charge >= 0.3 is 0 Å². The molecular weight excluding hydrogens is 210 g/mol. The summed E-state index contributed by atoms with van der Waals surface area (Å²) in [5, 5.41) is 6.73. The molecule has 0 spiro atoms. The molecule has 1 aromatic rings. The van der Waals surface area contributed by atoms with Gasteiger partial charge in [-0.1, -0.05) is 0 Å². The zero-order valence-electron chi connectivity index (χ0n) is 9.09. The minimum Gasteiger partial charge on any atom is -0.376 e. The molecule has 1 aliphatic rings. The Morgan fingerprint density at radius 2 is 2.62 bits per heavy atom. The van der Waals surface area contributed by atoms with Crippen LogP contribution in [0.15, 0.2) is 6.33 Å². The normalized spacial score (nSPS) is 24.6. The molecule has 2 rings (SSSR count). The molecule has 0 saturated carbocycles. The highest BCUT2D eigenvalue weighted by molar-refractivity contribution is 5.76. The third kappa shape index (κ3) is 2.48. The first-order valence-corrected chi connectivity index (χ1v) is 5.21. The number of nitrogen functional groups attached to an aromatic ring is 1. The molecular formula is C9H15N5O2. The summed E-state index contributed by atoms with van der Waals surface area (Å²) in [5.74, 6) is 0.0672. The number of hydrogen-bond acceptors (Lipinski definition) is 5. The molecule has 1 saturated heterocycles. The van der Waals surface area contributed by atoms with E-state index >= 15 is 0 Å². The first-order chi connectivity index (χ1) is 7.65. The first kappa shape index (κ1) is 10.9. The van der Waals surface area contributed by atoms with Crippen LogP contribution in [0.1, 0.15) is 13.3 Å². The molecule has 2 unspecified atom stereocenters. The summed E-state index contributed by atoms with van der Waals surface area (Å²) in [5.41, 5.74) is 5.35. The van der Waals surface area contributed by atoms with Crippen molar-refractivity contribution >= 4 is 11.9 Å². The van der Waals surface area contributed by atoms with Gasteiger partial charge in [0.2, 0.25) is 11.9 Å². The molecule has 1 fully saturated rings. The predicted octanol–water partition coefficient (Wildman–Crippen LogP) is -0.846. The number of anilines is 1. The number of nitrogens with one attached hydrogen (secondary N) is 1. The van der Waals surface area contributed by atoms with Crippen molar-refractivity contribution in [2.45, 2.75) is 32.0 Å². The summed E-state index contributed by atoms with van der Waals surface area (Å²) in [6.07, 6.45) is 2.36. The number of carbonyl (C=O) groups excluding carboxylic acids is 1. The van der Waals surface area contributed by atoms with Gasteiger partial charge in [0.05, 0.1) is 12.1 Å². The first-order valence-electron chi connectivity index (χ1n) is 5.21. The third-order valence-electron chi connectivity index (χ3n) is 2.58. The highest BCUT2D eigenvalue weighted by atomic mass is 16.5. The van der Waals surface area contributed by atoms with Gasteiger partial charge in [-0.25, -0.2) is 9.67 Å². The molecule has 3 N–H and O–H groups in total. The van der Waals surface area contributed by atoms with Gasteiger partial charge in [0.25, 0.3) is 0 Å². The van der Waals surface area contributed by atoms with Crippen LogP contribution < -0.4 is 11.1 Å². The van der Waals surface area contributed by atoms with Crippen LogP contribution in [0.2, 0.25) is 0 Å². The van der Waals surface area contributed by atoms with E-state index in [4.69, 9.17) is 10.5 Å². The molecule has 1 amide bonds. The van der Waals surface area contributed by atoms with Crippen molar-refractivity contribution in [2.24, 2.45) is 0 Å². The second kappa shape index (κ2) is 4.48. The molecule has 7 nitrogen and oxygen atoms in total. The van der Waals surface area contributed by atoms with Crippen molar-refractivity contribution in [1.29, 1.82) is 0 Å². The smallest absolute Gasteiger partial charge is 0.242 e. The quantitative estimate of drug-likeness (QED) is 0.699. The van der Waals surface area contributed by atoms with Gasteiger partial charge in [-0.15, -0.1) is 5.10 Å². The molecule has 1 aliphatic heterocycles. The number of aromatic nitrogens is 3. The zero-order valence-corrected chi connectivity index (χ0v) is 9.09. The Labute approximate surface area is 93.0 Å². The van der Waals surface area contributed by atoms with Crippen LogP contribution in [0.25, 0.3) is 0 Å². The van der Waals surface area contributed by atoms with Crippen LogP contribution in [-0.4, -0.2) is 39.4 Å². The minimum atomic E-state index is -0.104. The van der Waals surface area contributed by atoms with Crippen LogP contribution in [-0.2, 0) is 16.1 Å². The van der Waals surface area contributed by atoms with Crippen molar-refractivity contribution < 1.29 is 9.53 Å². The average molecular weight is 225 g/mol. The maximum atomic E-state index is 11.6. The summed E-state index contributed by atoms with van der Waals surface area (Å²) in [7, 11) is 0. The molecule has 0 bridgehead atoms. The number of ether oxygens (including phenoxy) is 1. The topological polar surface area (TPSA) is 95.1 Å². The lowest BCUT2D eigenvalue weighted by molar-refractivity contribution is -0.122. The average Bonchev–Trinajstić information content (AvgIpc) is 2.77. The summed E-state index contributed by atoms with van der Waals surface area (Å²) in [6, 6.07) is 0.0911. The van der Waals surface area contributed by atoms with E-state index in [2.05, 4.69) is 15.4 Å². The molecule has 2 atom stereocenters. The molecule has 88 valence electrons. The lowest BCUT2D eigenvalue weighted by Crippen LogP contribution is -2.40. The van der Waals surface area contributed by atoms with Crippen LogP contribution in [0, 0.1) is 0 Å². The van der Waals surface area contributed by atoms with Gasteiger partial charge in [0, 0.05) is 6.61 Å². The Morgan fingerprint density at radius 1 is 1.81 bits per heavy atom. The number of nitrogens with two attached hydrogens (primary N) is 1. The van der Waals surface area contributed by atoms with E-state index in [1.165, 1.54) is 11.0 Å². The van der Waals surface area contributed by atoms with Crippen molar-refractivity contribution in [3.8, 4) is 0 Å². The summed E-state index contributed by atoms with van der Waals surface area (Å²) >= 11 is 0. The number of hydrogen-bond donors (Lipinski definition) is 2. The Kier molecular flexibility index (Phi) is 3.04. The second-order valence-electron chi connectivity index (χ2n) is 3.84. The van der Waals surface area contributed by atoms with Crippen LogP contribution in [0.3, 0.4) is 0 Å².